The van der Waals surface area contributed by atoms with Crippen LogP contribution in [0, 0.1) is 0 Å². The van der Waals surface area contributed by atoms with Gasteiger partial charge in [0.2, 0.25) is 12.7 Å². The minimum Gasteiger partial charge on any atom is -0.454 e. The maximum Gasteiger partial charge on any atom is 0.315 e. The van der Waals surface area contributed by atoms with Crippen molar-refractivity contribution in [1.29, 1.82) is 0 Å². The highest BCUT2D eigenvalue weighted by atomic mass is 16.7. The van der Waals surface area contributed by atoms with Gasteiger partial charge in [0.25, 0.3) is 0 Å². The summed E-state index contributed by atoms with van der Waals surface area (Å²) in [7, 11) is 0. The van der Waals surface area contributed by atoms with Crippen LogP contribution >= 0.6 is 0 Å². The second kappa shape index (κ2) is 6.83. The number of hydrogen-bond acceptors (Lipinski definition) is 4. The van der Waals surface area contributed by atoms with Crippen molar-refractivity contribution < 1.29 is 19.1 Å². The molecule has 2 rings (SSSR count). The van der Waals surface area contributed by atoms with Gasteiger partial charge < -0.3 is 25.4 Å². The van der Waals surface area contributed by atoms with Gasteiger partial charge in [-0.05, 0) is 31.5 Å². The molecule has 1 aliphatic heterocycles. The van der Waals surface area contributed by atoms with Crippen LogP contribution in [0.3, 0.4) is 0 Å². The lowest BCUT2D eigenvalue weighted by molar-refractivity contribution is -0.120. The summed E-state index contributed by atoms with van der Waals surface area (Å²) in [6.07, 6.45) is 0. The number of fused-ring (bicyclic) bond motifs is 1. The molecule has 3 N–H and O–H groups in total. The molecule has 0 radical (unpaired) electrons. The van der Waals surface area contributed by atoms with Crippen LogP contribution in [0.2, 0.25) is 0 Å². The highest BCUT2D eigenvalue weighted by Gasteiger charge is 2.13. The van der Waals surface area contributed by atoms with E-state index in [4.69, 9.17) is 9.47 Å². The van der Waals surface area contributed by atoms with E-state index in [0.717, 1.165) is 5.56 Å². The van der Waals surface area contributed by atoms with Crippen LogP contribution in [0.25, 0.3) is 0 Å². The Morgan fingerprint density at radius 1 is 1.19 bits per heavy atom. The van der Waals surface area contributed by atoms with Gasteiger partial charge >= 0.3 is 6.03 Å². The van der Waals surface area contributed by atoms with E-state index in [2.05, 4.69) is 16.0 Å². The second-order valence-electron chi connectivity index (χ2n) is 4.95. The summed E-state index contributed by atoms with van der Waals surface area (Å²) >= 11 is 0. The van der Waals surface area contributed by atoms with Crippen LogP contribution < -0.4 is 25.4 Å². The van der Waals surface area contributed by atoms with Gasteiger partial charge in [-0.25, -0.2) is 4.79 Å². The van der Waals surface area contributed by atoms with E-state index < -0.39 is 0 Å². The van der Waals surface area contributed by atoms with Gasteiger partial charge in [-0.1, -0.05) is 6.07 Å². The molecule has 0 aromatic heterocycles. The Morgan fingerprint density at radius 3 is 2.71 bits per heavy atom. The molecular weight excluding hydrogens is 274 g/mol. The summed E-state index contributed by atoms with van der Waals surface area (Å²) in [5.74, 6) is 1.12. The maximum absolute atomic E-state index is 11.6. The first-order valence-corrected chi connectivity index (χ1v) is 6.74. The first-order chi connectivity index (χ1) is 10.0. The lowest BCUT2D eigenvalue weighted by Gasteiger charge is -2.10. The molecule has 7 nitrogen and oxygen atoms in total. The number of hydrogen-bond donors (Lipinski definition) is 3. The predicted molar refractivity (Wildman–Crippen MR) is 76.1 cm³/mol. The van der Waals surface area contributed by atoms with Gasteiger partial charge in [0.05, 0.1) is 6.54 Å². The molecule has 1 aromatic rings. The largest absolute Gasteiger partial charge is 0.454 e. The third-order valence-corrected chi connectivity index (χ3v) is 2.76. The molecule has 0 aliphatic carbocycles. The summed E-state index contributed by atoms with van der Waals surface area (Å²) in [5.41, 5.74) is 0.902. The minimum atomic E-state index is -0.358. The predicted octanol–water partition coefficient (Wildman–Crippen LogP) is 0.739. The molecule has 21 heavy (non-hydrogen) atoms. The molecule has 0 unspecified atom stereocenters. The normalized spacial score (nSPS) is 12.1. The SMILES string of the molecule is CC(C)NC(=O)NCC(=O)NCc1ccc2c(c1)OCO2. The topological polar surface area (TPSA) is 88.7 Å². The maximum atomic E-state index is 11.6. The standard InChI is InChI=1S/C14H19N3O4/c1-9(2)17-14(19)16-7-13(18)15-6-10-3-4-11-12(5-10)21-8-20-11/h3-5,9H,6-8H2,1-2H3,(H,15,18)(H2,16,17,19). The summed E-state index contributed by atoms with van der Waals surface area (Å²) < 4.78 is 10.5. The van der Waals surface area contributed by atoms with Crippen molar-refractivity contribution in [3.8, 4) is 11.5 Å². The van der Waals surface area contributed by atoms with E-state index in [0.29, 0.717) is 18.0 Å². The van der Waals surface area contributed by atoms with Crippen LogP contribution in [0.4, 0.5) is 4.79 Å². The van der Waals surface area contributed by atoms with Gasteiger partial charge in [-0.15, -0.1) is 0 Å². The van der Waals surface area contributed by atoms with Gasteiger partial charge in [0.15, 0.2) is 11.5 Å². The Balaban J connectivity index is 1.73. The van der Waals surface area contributed by atoms with Gasteiger partial charge in [0, 0.05) is 12.6 Å². The highest BCUT2D eigenvalue weighted by Crippen LogP contribution is 2.32. The van der Waals surface area contributed by atoms with Crippen molar-refractivity contribution in [2.45, 2.75) is 26.4 Å². The van der Waals surface area contributed by atoms with Crippen LogP contribution in [0.15, 0.2) is 18.2 Å². The van der Waals surface area contributed by atoms with Crippen LogP contribution in [0.5, 0.6) is 11.5 Å². The van der Waals surface area contributed by atoms with Crippen LogP contribution in [-0.4, -0.2) is 31.3 Å². The molecule has 0 fully saturated rings. The number of amides is 3. The Kier molecular flexibility index (Phi) is 4.86. The van der Waals surface area contributed by atoms with Crippen molar-refractivity contribution in [1.82, 2.24) is 16.0 Å². The fraction of sp³-hybridized carbons (Fsp3) is 0.429. The van der Waals surface area contributed by atoms with Crippen LogP contribution in [0.1, 0.15) is 19.4 Å². The molecule has 114 valence electrons. The molecule has 0 bridgehead atoms. The van der Waals surface area contributed by atoms with E-state index in [1.807, 2.05) is 26.0 Å². The van der Waals surface area contributed by atoms with Crippen molar-refractivity contribution in [2.24, 2.45) is 0 Å². The Hall–Kier alpha value is -2.44. The number of urea groups is 1. The van der Waals surface area contributed by atoms with Crippen molar-refractivity contribution in [3.63, 3.8) is 0 Å². The smallest absolute Gasteiger partial charge is 0.315 e. The number of carbonyl (C=O) groups is 2. The average Bonchev–Trinajstić information content (AvgIpc) is 2.89. The molecule has 3 amide bonds. The van der Waals surface area contributed by atoms with E-state index in [1.165, 1.54) is 0 Å². The van der Waals surface area contributed by atoms with E-state index >= 15 is 0 Å². The molecule has 0 atom stereocenters. The minimum absolute atomic E-state index is 0.0293. The van der Waals surface area contributed by atoms with E-state index in [9.17, 15) is 9.59 Å². The van der Waals surface area contributed by atoms with Crippen molar-refractivity contribution in [3.05, 3.63) is 23.8 Å². The molecular formula is C14H19N3O4. The van der Waals surface area contributed by atoms with Crippen LogP contribution in [-0.2, 0) is 11.3 Å². The average molecular weight is 293 g/mol. The third kappa shape index (κ3) is 4.55. The summed E-state index contributed by atoms with van der Waals surface area (Å²) in [6.45, 7) is 4.21. The molecule has 1 aromatic carbocycles. The van der Waals surface area contributed by atoms with Crippen molar-refractivity contribution in [2.75, 3.05) is 13.3 Å². The van der Waals surface area contributed by atoms with Gasteiger partial charge in [-0.3, -0.25) is 4.79 Å². The molecule has 0 saturated heterocycles. The van der Waals surface area contributed by atoms with E-state index in [-0.39, 0.29) is 31.3 Å². The Morgan fingerprint density at radius 2 is 1.95 bits per heavy atom. The quantitative estimate of drug-likeness (QED) is 0.747. The van der Waals surface area contributed by atoms with Gasteiger partial charge in [-0.2, -0.15) is 0 Å². The summed E-state index contributed by atoms with van der Waals surface area (Å²) in [4.78, 5) is 23.0. The summed E-state index contributed by atoms with van der Waals surface area (Å²) in [5, 5.41) is 7.85. The van der Waals surface area contributed by atoms with E-state index in [1.54, 1.807) is 6.07 Å². The third-order valence-electron chi connectivity index (χ3n) is 2.76. The fourth-order valence-electron chi connectivity index (χ4n) is 1.79. The zero-order valence-electron chi connectivity index (χ0n) is 12.1. The zero-order valence-corrected chi connectivity index (χ0v) is 12.1. The fourth-order valence-corrected chi connectivity index (χ4v) is 1.79. The number of benzene rings is 1. The second-order valence-corrected chi connectivity index (χ2v) is 4.95. The van der Waals surface area contributed by atoms with Crippen molar-refractivity contribution >= 4 is 11.9 Å². The molecule has 0 saturated carbocycles. The number of ether oxygens (including phenoxy) is 2. The Labute approximate surface area is 123 Å². The molecule has 1 heterocycles. The first-order valence-electron chi connectivity index (χ1n) is 6.74. The lowest BCUT2D eigenvalue weighted by atomic mass is 10.2. The summed E-state index contributed by atoms with van der Waals surface area (Å²) in [6, 6.07) is 5.15. The Bertz CT molecular complexity index is 531. The van der Waals surface area contributed by atoms with Gasteiger partial charge in [0.1, 0.15) is 0 Å². The number of nitrogens with one attached hydrogen (secondary N) is 3. The monoisotopic (exact) mass is 293 g/mol. The zero-order chi connectivity index (χ0) is 15.2. The lowest BCUT2D eigenvalue weighted by Crippen LogP contribution is -2.44. The number of rotatable bonds is 5. The molecule has 7 heteroatoms. The number of carbonyl (C=O) groups excluding carboxylic acids is 2. The molecule has 0 spiro atoms. The first kappa shape index (κ1) is 15.0. The molecule has 1 aliphatic rings. The highest BCUT2D eigenvalue weighted by molar-refractivity contribution is 5.83.